The maximum absolute atomic E-state index is 14.0. The molecule has 0 saturated carbocycles. The zero-order valence-electron chi connectivity index (χ0n) is 12.9. The van der Waals surface area contributed by atoms with Crippen molar-refractivity contribution in [2.45, 2.75) is 26.0 Å². The zero-order chi connectivity index (χ0) is 15.8. The Morgan fingerprint density at radius 1 is 1.38 bits per heavy atom. The van der Waals surface area contributed by atoms with Gasteiger partial charge < -0.3 is 20.1 Å². The van der Waals surface area contributed by atoms with Crippen molar-refractivity contribution in [2.24, 2.45) is 0 Å². The van der Waals surface area contributed by atoms with Gasteiger partial charge in [0.2, 0.25) is 0 Å². The Morgan fingerprint density at radius 2 is 2.10 bits per heavy atom. The number of methoxy groups -OCH3 is 1. The lowest BCUT2D eigenvalue weighted by atomic mass is 10.1. The minimum atomic E-state index is -0.700. The smallest absolute Gasteiger partial charge is 0.260 e. The van der Waals surface area contributed by atoms with Gasteiger partial charge in [-0.05, 0) is 27.0 Å². The molecule has 0 heterocycles. The highest BCUT2D eigenvalue weighted by atomic mass is 19.1. The van der Waals surface area contributed by atoms with Crippen LogP contribution in [-0.4, -0.2) is 39.3 Å². The summed E-state index contributed by atoms with van der Waals surface area (Å²) in [5, 5.41) is 5.64. The second kappa shape index (κ2) is 8.59. The van der Waals surface area contributed by atoms with Crippen LogP contribution in [0.4, 0.5) is 4.39 Å². The fourth-order valence-corrected chi connectivity index (χ4v) is 1.77. The van der Waals surface area contributed by atoms with Crippen LogP contribution in [-0.2, 0) is 9.53 Å². The van der Waals surface area contributed by atoms with Gasteiger partial charge in [0.15, 0.2) is 6.10 Å². The van der Waals surface area contributed by atoms with Gasteiger partial charge in [0.05, 0.1) is 6.61 Å². The van der Waals surface area contributed by atoms with E-state index in [9.17, 15) is 9.18 Å². The quantitative estimate of drug-likeness (QED) is 0.716. The van der Waals surface area contributed by atoms with Crippen molar-refractivity contribution in [1.82, 2.24) is 10.6 Å². The molecule has 1 aromatic rings. The minimum absolute atomic E-state index is 0.0891. The Morgan fingerprint density at radius 3 is 2.67 bits per heavy atom. The summed E-state index contributed by atoms with van der Waals surface area (Å²) in [6, 6.07) is 4.52. The maximum Gasteiger partial charge on any atom is 0.260 e. The Labute approximate surface area is 124 Å². The Kier molecular flexibility index (Phi) is 7.11. The van der Waals surface area contributed by atoms with Crippen molar-refractivity contribution in [2.75, 3.05) is 27.3 Å². The normalized spacial score (nSPS) is 13.6. The molecular formula is C15H23FN2O3. The van der Waals surface area contributed by atoms with Crippen molar-refractivity contribution in [3.63, 3.8) is 0 Å². The highest BCUT2D eigenvalue weighted by Crippen LogP contribution is 2.22. The van der Waals surface area contributed by atoms with E-state index in [0.29, 0.717) is 24.5 Å². The number of carbonyl (C=O) groups excluding carboxylic acids is 1. The molecule has 5 nitrogen and oxygen atoms in total. The van der Waals surface area contributed by atoms with Crippen LogP contribution >= 0.6 is 0 Å². The van der Waals surface area contributed by atoms with E-state index in [4.69, 9.17) is 9.47 Å². The molecule has 6 heteroatoms. The molecule has 2 N–H and O–H groups in total. The molecule has 0 saturated heterocycles. The SMILES string of the molecule is CNC(C)c1ccc(OC(C)C(=O)NCCOC)cc1F. The van der Waals surface area contributed by atoms with E-state index in [-0.39, 0.29) is 17.8 Å². The minimum Gasteiger partial charge on any atom is -0.481 e. The number of hydrogen-bond acceptors (Lipinski definition) is 4. The van der Waals surface area contributed by atoms with Crippen LogP contribution in [0.1, 0.15) is 25.5 Å². The van der Waals surface area contributed by atoms with Crippen LogP contribution < -0.4 is 15.4 Å². The molecule has 0 aliphatic heterocycles. The van der Waals surface area contributed by atoms with Gasteiger partial charge in [-0.25, -0.2) is 4.39 Å². The number of carbonyl (C=O) groups is 1. The van der Waals surface area contributed by atoms with E-state index >= 15 is 0 Å². The molecule has 2 unspecified atom stereocenters. The Hall–Kier alpha value is -1.66. The predicted molar refractivity (Wildman–Crippen MR) is 78.9 cm³/mol. The monoisotopic (exact) mass is 298 g/mol. The molecule has 1 amide bonds. The van der Waals surface area contributed by atoms with Gasteiger partial charge >= 0.3 is 0 Å². The predicted octanol–water partition coefficient (Wildman–Crippen LogP) is 1.64. The van der Waals surface area contributed by atoms with Crippen molar-refractivity contribution >= 4 is 5.91 Å². The van der Waals surface area contributed by atoms with Crippen molar-refractivity contribution < 1.29 is 18.7 Å². The second-order valence-corrected chi connectivity index (χ2v) is 4.74. The molecule has 0 aliphatic rings. The first-order chi connectivity index (χ1) is 9.99. The molecule has 0 bridgehead atoms. The van der Waals surface area contributed by atoms with Crippen molar-refractivity contribution in [1.29, 1.82) is 0 Å². The first-order valence-electron chi connectivity index (χ1n) is 6.89. The molecular weight excluding hydrogens is 275 g/mol. The van der Waals surface area contributed by atoms with Gasteiger partial charge in [-0.2, -0.15) is 0 Å². The number of ether oxygens (including phenoxy) is 2. The van der Waals surface area contributed by atoms with Crippen LogP contribution in [0.5, 0.6) is 5.75 Å². The van der Waals surface area contributed by atoms with Gasteiger partial charge in [0.1, 0.15) is 11.6 Å². The van der Waals surface area contributed by atoms with E-state index in [1.165, 1.54) is 6.07 Å². The average Bonchev–Trinajstić information content (AvgIpc) is 2.46. The Bertz CT molecular complexity index is 468. The summed E-state index contributed by atoms with van der Waals surface area (Å²) in [5.41, 5.74) is 0.557. The highest BCUT2D eigenvalue weighted by molar-refractivity contribution is 5.80. The molecule has 0 radical (unpaired) electrons. The summed E-state index contributed by atoms with van der Waals surface area (Å²) >= 11 is 0. The van der Waals surface area contributed by atoms with Crippen LogP contribution in [0.15, 0.2) is 18.2 Å². The van der Waals surface area contributed by atoms with Gasteiger partial charge in [-0.3, -0.25) is 4.79 Å². The lowest BCUT2D eigenvalue weighted by molar-refractivity contribution is -0.127. The fourth-order valence-electron chi connectivity index (χ4n) is 1.77. The second-order valence-electron chi connectivity index (χ2n) is 4.74. The van der Waals surface area contributed by atoms with Gasteiger partial charge in [-0.1, -0.05) is 6.07 Å². The van der Waals surface area contributed by atoms with E-state index in [1.54, 1.807) is 33.2 Å². The van der Waals surface area contributed by atoms with E-state index in [2.05, 4.69) is 10.6 Å². The third kappa shape index (κ3) is 5.32. The van der Waals surface area contributed by atoms with Gasteiger partial charge in [0.25, 0.3) is 5.91 Å². The maximum atomic E-state index is 14.0. The molecule has 0 aliphatic carbocycles. The summed E-state index contributed by atoms with van der Waals surface area (Å²) in [6.45, 7) is 4.33. The third-order valence-corrected chi connectivity index (χ3v) is 3.16. The van der Waals surface area contributed by atoms with Crippen LogP contribution in [0.2, 0.25) is 0 Å². The highest BCUT2D eigenvalue weighted by Gasteiger charge is 2.16. The van der Waals surface area contributed by atoms with E-state index in [1.807, 2.05) is 6.92 Å². The number of rotatable bonds is 8. The average molecular weight is 298 g/mol. The van der Waals surface area contributed by atoms with Gasteiger partial charge in [0, 0.05) is 31.3 Å². The summed E-state index contributed by atoms with van der Waals surface area (Å²) in [6.07, 6.45) is -0.700. The molecule has 1 aromatic carbocycles. The summed E-state index contributed by atoms with van der Waals surface area (Å²) in [4.78, 5) is 11.7. The summed E-state index contributed by atoms with van der Waals surface area (Å²) in [5.74, 6) is -0.296. The molecule has 2 atom stereocenters. The Balaban J connectivity index is 2.62. The topological polar surface area (TPSA) is 59.6 Å². The molecule has 118 valence electrons. The largest absolute Gasteiger partial charge is 0.481 e. The standard InChI is InChI=1S/C15H23FN2O3/c1-10(17-3)13-6-5-12(9-14(13)16)21-11(2)15(19)18-7-8-20-4/h5-6,9-11,17H,7-8H2,1-4H3,(H,18,19). The van der Waals surface area contributed by atoms with Crippen molar-refractivity contribution in [3.8, 4) is 5.75 Å². The number of hydrogen-bond donors (Lipinski definition) is 2. The molecule has 21 heavy (non-hydrogen) atoms. The van der Waals surface area contributed by atoms with E-state index in [0.717, 1.165) is 0 Å². The molecule has 0 aromatic heterocycles. The molecule has 1 rings (SSSR count). The molecule has 0 spiro atoms. The van der Waals surface area contributed by atoms with Crippen LogP contribution in [0.25, 0.3) is 0 Å². The van der Waals surface area contributed by atoms with E-state index < -0.39 is 6.10 Å². The number of halogens is 1. The lowest BCUT2D eigenvalue weighted by Crippen LogP contribution is -2.37. The van der Waals surface area contributed by atoms with Gasteiger partial charge in [-0.15, -0.1) is 0 Å². The zero-order valence-corrected chi connectivity index (χ0v) is 12.9. The summed E-state index contributed by atoms with van der Waals surface area (Å²) in [7, 11) is 3.32. The summed E-state index contributed by atoms with van der Waals surface area (Å²) < 4.78 is 24.2. The van der Waals surface area contributed by atoms with Crippen LogP contribution in [0.3, 0.4) is 0 Å². The number of amides is 1. The lowest BCUT2D eigenvalue weighted by Gasteiger charge is -2.16. The first-order valence-corrected chi connectivity index (χ1v) is 6.89. The number of benzene rings is 1. The van der Waals surface area contributed by atoms with Crippen molar-refractivity contribution in [3.05, 3.63) is 29.6 Å². The third-order valence-electron chi connectivity index (χ3n) is 3.16. The molecule has 0 fully saturated rings. The van der Waals surface area contributed by atoms with Crippen LogP contribution in [0, 0.1) is 5.82 Å². The number of nitrogens with one attached hydrogen (secondary N) is 2. The first kappa shape index (κ1) is 17.4. The fraction of sp³-hybridized carbons (Fsp3) is 0.533.